The molecule has 0 heterocycles. The molecule has 55 valence electrons. The van der Waals surface area contributed by atoms with Crippen LogP contribution in [0.3, 0.4) is 0 Å². The topological polar surface area (TPSA) is 17.1 Å². The van der Waals surface area contributed by atoms with Gasteiger partial charge in [0.15, 0.2) is 0 Å². The van der Waals surface area contributed by atoms with Crippen LogP contribution < -0.4 is 0 Å². The third-order valence-electron chi connectivity index (χ3n) is 0. The Hall–Kier alpha value is 1.64. The van der Waals surface area contributed by atoms with Gasteiger partial charge in [-0.3, -0.25) is 4.21 Å². The van der Waals surface area contributed by atoms with Crippen LogP contribution in [0.4, 0.5) is 0 Å². The van der Waals surface area contributed by atoms with Crippen LogP contribution in [-0.4, -0.2) is 16.7 Å². The van der Waals surface area contributed by atoms with Crippen molar-refractivity contribution in [1.82, 2.24) is 0 Å². The van der Waals surface area contributed by atoms with E-state index in [4.69, 9.17) is 29.1 Å². The number of rotatable bonds is 0. The molecule has 8 heavy (non-hydrogen) atoms. The zero-order chi connectivity index (χ0) is 7.15. The summed E-state index contributed by atoms with van der Waals surface area (Å²) < 4.78 is 9.56. The summed E-state index contributed by atoms with van der Waals surface area (Å²) in [6, 6.07) is 0. The Kier molecular flexibility index (Phi) is 13.3. The Labute approximate surface area is 69.2 Å². The minimum atomic E-state index is -1.75. The van der Waals surface area contributed by atoms with Crippen LogP contribution >= 0.6 is 29.1 Å². The summed E-state index contributed by atoms with van der Waals surface area (Å²) in [5, 5.41) is 0. The summed E-state index contributed by atoms with van der Waals surface area (Å²) in [5.74, 6) is 0. The van der Waals surface area contributed by atoms with E-state index in [-0.39, 0.29) is 0 Å². The predicted molar refractivity (Wildman–Crippen MR) is 37.5 cm³/mol. The molecule has 0 rings (SSSR count). The van der Waals surface area contributed by atoms with E-state index in [1.165, 1.54) is 0 Å². The van der Waals surface area contributed by atoms with E-state index in [1.54, 1.807) is 12.5 Å². The zero-order valence-corrected chi connectivity index (χ0v) is 9.13. The average Bonchev–Trinajstić information content (AvgIpc) is 1.25. The molecule has 1 nitrogen and oxygen atoms in total. The Morgan fingerprint density at radius 3 is 1.25 bits per heavy atom. The SMILES string of the molecule is CS(C)=O.[Cl][Ru]([Cl])[Cl]. The van der Waals surface area contributed by atoms with Crippen LogP contribution in [0.25, 0.3) is 0 Å². The first-order chi connectivity index (χ1) is 3.46. The molecule has 0 bridgehead atoms. The predicted octanol–water partition coefficient (Wildman–Crippen LogP) is 2.06. The van der Waals surface area contributed by atoms with Gasteiger partial charge in [0.1, 0.15) is 0 Å². The van der Waals surface area contributed by atoms with Gasteiger partial charge >= 0.3 is 42.1 Å². The molecule has 0 amide bonds. The van der Waals surface area contributed by atoms with E-state index in [2.05, 4.69) is 0 Å². The van der Waals surface area contributed by atoms with Crippen molar-refractivity contribution < 1.29 is 17.2 Å². The molecular weight excluding hydrogens is 280 g/mol. The van der Waals surface area contributed by atoms with Crippen molar-refractivity contribution in [1.29, 1.82) is 0 Å². The second-order valence-electron chi connectivity index (χ2n) is 0.893. The summed E-state index contributed by atoms with van der Waals surface area (Å²) >= 11 is -1.75. The fraction of sp³-hybridized carbons (Fsp3) is 1.00. The van der Waals surface area contributed by atoms with Gasteiger partial charge in [0.2, 0.25) is 0 Å². The third-order valence-corrected chi connectivity index (χ3v) is 0. The molecule has 0 N–H and O–H groups in total. The molecule has 0 unspecified atom stereocenters. The van der Waals surface area contributed by atoms with Gasteiger partial charge in [-0.15, -0.1) is 0 Å². The van der Waals surface area contributed by atoms with Gasteiger partial charge in [0.05, 0.1) is 0 Å². The summed E-state index contributed by atoms with van der Waals surface area (Å²) in [7, 11) is 14.2. The molecule has 0 aromatic heterocycles. The maximum absolute atomic E-state index is 9.56. The standard InChI is InChI=1S/C2H6OS.3ClH.Ru/c1-4(2)3;;;;/h1-2H3;3*1H;/q;;;;+3/p-3. The third kappa shape index (κ3) is 125. The van der Waals surface area contributed by atoms with Crippen molar-refractivity contribution in [2.45, 2.75) is 0 Å². The van der Waals surface area contributed by atoms with Gasteiger partial charge < -0.3 is 0 Å². The number of halogens is 3. The van der Waals surface area contributed by atoms with Crippen LogP contribution in [0.15, 0.2) is 0 Å². The molecule has 0 saturated carbocycles. The van der Waals surface area contributed by atoms with E-state index in [0.29, 0.717) is 0 Å². The summed E-state index contributed by atoms with van der Waals surface area (Å²) in [6.45, 7) is 0. The van der Waals surface area contributed by atoms with Crippen molar-refractivity contribution in [2.24, 2.45) is 0 Å². The van der Waals surface area contributed by atoms with E-state index < -0.39 is 23.8 Å². The van der Waals surface area contributed by atoms with Gasteiger partial charge in [-0.05, 0) is 0 Å². The van der Waals surface area contributed by atoms with Crippen LogP contribution in [0, 0.1) is 0 Å². The molecule has 0 aromatic carbocycles. The molecule has 0 spiro atoms. The first kappa shape index (κ1) is 12.3. The summed E-state index contributed by atoms with van der Waals surface area (Å²) in [6.07, 6.45) is 3.28. The van der Waals surface area contributed by atoms with E-state index >= 15 is 0 Å². The molecular formula is C2H6Cl3ORuS. The normalized spacial score (nSPS) is 10.0. The molecule has 0 aliphatic carbocycles. The summed E-state index contributed by atoms with van der Waals surface area (Å²) in [5.41, 5.74) is 0. The number of hydrogen-bond acceptors (Lipinski definition) is 1. The Morgan fingerprint density at radius 1 is 1.25 bits per heavy atom. The minimum absolute atomic E-state index is 0.611. The van der Waals surface area contributed by atoms with Gasteiger partial charge in [0.25, 0.3) is 0 Å². The molecule has 0 atom stereocenters. The van der Waals surface area contributed by atoms with Crippen LogP contribution in [0.2, 0.25) is 0 Å². The fourth-order valence-electron chi connectivity index (χ4n) is 0. The van der Waals surface area contributed by atoms with Gasteiger partial charge in [0, 0.05) is 23.3 Å². The summed E-state index contributed by atoms with van der Waals surface area (Å²) in [4.78, 5) is 0. The molecule has 0 saturated heterocycles. The molecule has 0 fully saturated rings. The monoisotopic (exact) mass is 285 g/mol. The van der Waals surface area contributed by atoms with Crippen molar-refractivity contribution in [3.8, 4) is 0 Å². The van der Waals surface area contributed by atoms with Crippen LogP contribution in [0.5, 0.6) is 0 Å². The number of hydrogen-bond donors (Lipinski definition) is 0. The van der Waals surface area contributed by atoms with Gasteiger partial charge in [-0.25, -0.2) is 0 Å². The van der Waals surface area contributed by atoms with Crippen molar-refractivity contribution in [3.05, 3.63) is 0 Å². The second kappa shape index (κ2) is 8.64. The van der Waals surface area contributed by atoms with Crippen molar-refractivity contribution in [3.63, 3.8) is 0 Å². The second-order valence-corrected chi connectivity index (χ2v) is 10.3. The molecule has 0 aliphatic heterocycles. The van der Waals surface area contributed by atoms with Gasteiger partial charge in [-0.2, -0.15) is 0 Å². The van der Waals surface area contributed by atoms with Crippen molar-refractivity contribution in [2.75, 3.05) is 12.5 Å². The molecule has 6 heteroatoms. The molecule has 0 radical (unpaired) electrons. The quantitative estimate of drug-likeness (QED) is 0.623. The van der Waals surface area contributed by atoms with E-state index in [9.17, 15) is 4.21 Å². The van der Waals surface area contributed by atoms with E-state index in [1.807, 2.05) is 0 Å². The average molecular weight is 286 g/mol. The first-order valence-corrected chi connectivity index (χ1v) is 10.1. The first-order valence-electron chi connectivity index (χ1n) is 1.38. The van der Waals surface area contributed by atoms with E-state index in [0.717, 1.165) is 0 Å². The molecule has 0 aromatic rings. The Bertz CT molecular complexity index is 61.5. The molecule has 0 aliphatic rings. The fourth-order valence-corrected chi connectivity index (χ4v) is 0. The van der Waals surface area contributed by atoms with Crippen molar-refractivity contribution >= 4 is 39.9 Å². The van der Waals surface area contributed by atoms with Crippen LogP contribution in [0.1, 0.15) is 0 Å². The van der Waals surface area contributed by atoms with Gasteiger partial charge in [-0.1, -0.05) is 0 Å². The zero-order valence-electron chi connectivity index (χ0n) is 4.30. The van der Waals surface area contributed by atoms with Crippen LogP contribution in [-0.2, 0) is 23.8 Å². The Morgan fingerprint density at radius 2 is 1.25 bits per heavy atom. The maximum atomic E-state index is 9.56. The Balaban J connectivity index is 0.